The SMILES string of the molecule is CCc1c(C(=O)N2CCCC(C(=O)NCCN)C2)[nH]c(C)c1C(C)=O.Cl. The Morgan fingerprint density at radius 2 is 2.04 bits per heavy atom. The first-order valence-electron chi connectivity index (χ1n) is 8.90. The number of carbonyl (C=O) groups is 3. The summed E-state index contributed by atoms with van der Waals surface area (Å²) in [6.07, 6.45) is 2.16. The van der Waals surface area contributed by atoms with E-state index >= 15 is 0 Å². The van der Waals surface area contributed by atoms with Crippen LogP contribution in [0, 0.1) is 12.8 Å². The number of nitrogens with zero attached hydrogens (tertiary/aromatic N) is 1. The summed E-state index contributed by atoms with van der Waals surface area (Å²) in [7, 11) is 0. The molecule has 1 unspecified atom stereocenters. The lowest BCUT2D eigenvalue weighted by Gasteiger charge is -2.32. The molecule has 1 aromatic heterocycles. The highest BCUT2D eigenvalue weighted by Gasteiger charge is 2.31. The van der Waals surface area contributed by atoms with Gasteiger partial charge in [0.05, 0.1) is 5.92 Å². The molecule has 4 N–H and O–H groups in total. The van der Waals surface area contributed by atoms with Crippen molar-refractivity contribution < 1.29 is 14.4 Å². The zero-order valence-electron chi connectivity index (χ0n) is 15.7. The van der Waals surface area contributed by atoms with Crippen LogP contribution in [0.25, 0.3) is 0 Å². The molecule has 0 bridgehead atoms. The van der Waals surface area contributed by atoms with Crippen LogP contribution in [0.5, 0.6) is 0 Å². The lowest BCUT2D eigenvalue weighted by molar-refractivity contribution is -0.126. The van der Waals surface area contributed by atoms with Crippen LogP contribution < -0.4 is 11.1 Å². The number of H-pyrrole nitrogens is 1. The molecule has 2 amide bonds. The summed E-state index contributed by atoms with van der Waals surface area (Å²) in [6, 6.07) is 0. The second-order valence-corrected chi connectivity index (χ2v) is 6.56. The minimum atomic E-state index is -0.210. The third kappa shape index (κ3) is 4.65. The second-order valence-electron chi connectivity index (χ2n) is 6.56. The Balaban J connectivity index is 0.00000338. The third-order valence-corrected chi connectivity index (χ3v) is 4.73. The van der Waals surface area contributed by atoms with Gasteiger partial charge in [-0.3, -0.25) is 14.4 Å². The van der Waals surface area contributed by atoms with Gasteiger partial charge in [0.25, 0.3) is 5.91 Å². The van der Waals surface area contributed by atoms with Crippen molar-refractivity contribution in [2.75, 3.05) is 26.2 Å². The van der Waals surface area contributed by atoms with Crippen molar-refractivity contribution in [2.24, 2.45) is 11.7 Å². The van der Waals surface area contributed by atoms with Crippen molar-refractivity contribution in [1.29, 1.82) is 0 Å². The molecule has 7 nitrogen and oxygen atoms in total. The third-order valence-electron chi connectivity index (χ3n) is 4.73. The maximum absolute atomic E-state index is 13.0. The monoisotopic (exact) mass is 384 g/mol. The molecule has 0 saturated carbocycles. The fourth-order valence-corrected chi connectivity index (χ4v) is 3.56. The molecular weight excluding hydrogens is 356 g/mol. The van der Waals surface area contributed by atoms with Gasteiger partial charge in [0.2, 0.25) is 5.91 Å². The number of aromatic nitrogens is 1. The number of rotatable bonds is 6. The number of nitrogens with one attached hydrogen (secondary N) is 2. The predicted octanol–water partition coefficient (Wildman–Crippen LogP) is 1.44. The zero-order valence-corrected chi connectivity index (χ0v) is 16.5. The molecule has 1 aliphatic heterocycles. The Hall–Kier alpha value is -1.86. The van der Waals surface area contributed by atoms with Gasteiger partial charge in [0, 0.05) is 37.4 Å². The number of piperidine rings is 1. The van der Waals surface area contributed by atoms with Crippen molar-refractivity contribution in [2.45, 2.75) is 40.0 Å². The maximum Gasteiger partial charge on any atom is 0.270 e. The zero-order chi connectivity index (χ0) is 18.6. The van der Waals surface area contributed by atoms with E-state index in [2.05, 4.69) is 10.3 Å². The number of halogens is 1. The summed E-state index contributed by atoms with van der Waals surface area (Å²) in [5.74, 6) is -0.436. The van der Waals surface area contributed by atoms with Gasteiger partial charge in [-0.25, -0.2) is 0 Å². The molecule has 1 aliphatic rings. The standard InChI is InChI=1S/C18H28N4O3.ClH/c1-4-14-15(12(3)23)11(2)21-16(14)18(25)22-9-5-6-13(10-22)17(24)20-8-7-19;/h13,21H,4-10,19H2,1-3H3,(H,20,24);1H. The van der Waals surface area contributed by atoms with E-state index in [-0.39, 0.29) is 35.9 Å². The summed E-state index contributed by atoms with van der Waals surface area (Å²) >= 11 is 0. The van der Waals surface area contributed by atoms with Crippen molar-refractivity contribution >= 4 is 30.0 Å². The van der Waals surface area contributed by atoms with Crippen LogP contribution in [-0.4, -0.2) is 53.7 Å². The van der Waals surface area contributed by atoms with E-state index in [0.717, 1.165) is 24.1 Å². The molecule has 0 spiro atoms. The lowest BCUT2D eigenvalue weighted by Crippen LogP contribution is -2.46. The number of Topliss-reactive ketones (excluding diaryl/α,β-unsaturated/α-hetero) is 1. The summed E-state index contributed by atoms with van der Waals surface area (Å²) in [4.78, 5) is 41.9. The van der Waals surface area contributed by atoms with Crippen molar-refractivity contribution in [3.63, 3.8) is 0 Å². The van der Waals surface area contributed by atoms with Crippen LogP contribution in [-0.2, 0) is 11.2 Å². The van der Waals surface area contributed by atoms with Gasteiger partial charge >= 0.3 is 0 Å². The van der Waals surface area contributed by atoms with E-state index in [1.807, 2.05) is 13.8 Å². The summed E-state index contributed by atoms with van der Waals surface area (Å²) in [5, 5.41) is 2.80. The van der Waals surface area contributed by atoms with E-state index in [9.17, 15) is 14.4 Å². The summed E-state index contributed by atoms with van der Waals surface area (Å²) in [6.45, 7) is 7.12. The highest BCUT2D eigenvalue weighted by molar-refractivity contribution is 6.02. The number of aryl methyl sites for hydroxylation is 1. The number of nitrogens with two attached hydrogens (primary N) is 1. The molecule has 1 fully saturated rings. The van der Waals surface area contributed by atoms with Gasteiger partial charge in [0.1, 0.15) is 5.69 Å². The Bertz CT molecular complexity index is 672. The molecule has 1 saturated heterocycles. The quantitative estimate of drug-likeness (QED) is 0.645. The molecule has 1 atom stereocenters. The normalized spacial score (nSPS) is 16.8. The van der Waals surface area contributed by atoms with Crippen molar-refractivity contribution in [3.8, 4) is 0 Å². The number of aromatic amines is 1. The number of ketones is 1. The van der Waals surface area contributed by atoms with Gasteiger partial charge < -0.3 is 20.9 Å². The van der Waals surface area contributed by atoms with Crippen LogP contribution in [0.4, 0.5) is 0 Å². The molecule has 0 aromatic carbocycles. The number of hydrogen-bond acceptors (Lipinski definition) is 4. The van der Waals surface area contributed by atoms with Crippen LogP contribution in [0.1, 0.15) is 58.8 Å². The van der Waals surface area contributed by atoms with Gasteiger partial charge in [-0.1, -0.05) is 6.92 Å². The Morgan fingerprint density at radius 3 is 2.62 bits per heavy atom. The maximum atomic E-state index is 13.0. The molecule has 2 rings (SSSR count). The van der Waals surface area contributed by atoms with Crippen LogP contribution in [0.2, 0.25) is 0 Å². The first-order valence-corrected chi connectivity index (χ1v) is 8.90. The minimum absolute atomic E-state index is 0. The van der Waals surface area contributed by atoms with E-state index in [1.54, 1.807) is 4.90 Å². The van der Waals surface area contributed by atoms with Crippen molar-refractivity contribution in [3.05, 3.63) is 22.5 Å². The topological polar surface area (TPSA) is 108 Å². The summed E-state index contributed by atoms with van der Waals surface area (Å²) < 4.78 is 0. The van der Waals surface area contributed by atoms with Crippen LogP contribution in [0.15, 0.2) is 0 Å². The van der Waals surface area contributed by atoms with Gasteiger partial charge in [-0.2, -0.15) is 0 Å². The fourth-order valence-electron chi connectivity index (χ4n) is 3.56. The Kier molecular flexibility index (Phi) is 8.30. The molecule has 0 radical (unpaired) electrons. The molecule has 26 heavy (non-hydrogen) atoms. The average Bonchev–Trinajstić information content (AvgIpc) is 2.95. The van der Waals surface area contributed by atoms with E-state index < -0.39 is 0 Å². The van der Waals surface area contributed by atoms with E-state index in [4.69, 9.17) is 5.73 Å². The van der Waals surface area contributed by atoms with E-state index in [1.165, 1.54) is 6.92 Å². The lowest BCUT2D eigenvalue weighted by atomic mass is 9.96. The highest BCUT2D eigenvalue weighted by Crippen LogP contribution is 2.24. The summed E-state index contributed by atoms with van der Waals surface area (Å²) in [5.41, 5.74) is 8.00. The highest BCUT2D eigenvalue weighted by atomic mass is 35.5. The van der Waals surface area contributed by atoms with Gasteiger partial charge in [-0.05, 0) is 38.7 Å². The number of likely N-dealkylation sites (tertiary alicyclic amines) is 1. The first-order chi connectivity index (χ1) is 11.9. The molecular formula is C18H29ClN4O3. The largest absolute Gasteiger partial charge is 0.355 e. The molecule has 0 aliphatic carbocycles. The van der Waals surface area contributed by atoms with Crippen LogP contribution >= 0.6 is 12.4 Å². The van der Waals surface area contributed by atoms with E-state index in [0.29, 0.717) is 43.9 Å². The molecule has 1 aromatic rings. The van der Waals surface area contributed by atoms with Crippen LogP contribution in [0.3, 0.4) is 0 Å². The minimum Gasteiger partial charge on any atom is -0.355 e. The first kappa shape index (κ1) is 22.2. The molecule has 2 heterocycles. The number of hydrogen-bond donors (Lipinski definition) is 3. The Morgan fingerprint density at radius 1 is 1.35 bits per heavy atom. The number of carbonyl (C=O) groups excluding carboxylic acids is 3. The fraction of sp³-hybridized carbons (Fsp3) is 0.611. The predicted molar refractivity (Wildman–Crippen MR) is 103 cm³/mol. The second kappa shape index (κ2) is 9.73. The Labute approximate surface area is 160 Å². The molecule has 146 valence electrons. The van der Waals surface area contributed by atoms with Gasteiger partial charge in [-0.15, -0.1) is 12.4 Å². The van der Waals surface area contributed by atoms with Crippen molar-refractivity contribution in [1.82, 2.24) is 15.2 Å². The number of amides is 2. The smallest absolute Gasteiger partial charge is 0.270 e. The average molecular weight is 385 g/mol. The van der Waals surface area contributed by atoms with Gasteiger partial charge in [0.15, 0.2) is 5.78 Å². The molecule has 8 heteroatoms.